The third-order valence-corrected chi connectivity index (χ3v) is 9.31. The van der Waals surface area contributed by atoms with Crippen LogP contribution in [0.1, 0.15) is 22.5 Å². The van der Waals surface area contributed by atoms with Gasteiger partial charge in [-0.15, -0.1) is 0 Å². The van der Waals surface area contributed by atoms with E-state index in [1.54, 1.807) is 24.7 Å². The van der Waals surface area contributed by atoms with Gasteiger partial charge in [0.15, 0.2) is 5.82 Å². The predicted molar refractivity (Wildman–Crippen MR) is 188 cm³/mol. The summed E-state index contributed by atoms with van der Waals surface area (Å²) < 4.78 is 20.9. The summed E-state index contributed by atoms with van der Waals surface area (Å²) in [5.74, 6) is 0.488. The second-order valence-corrected chi connectivity index (χ2v) is 13.2. The fraction of sp³-hybridized carbons (Fsp3) is 0.324. The van der Waals surface area contributed by atoms with Crippen molar-refractivity contribution < 1.29 is 14.2 Å². The monoisotopic (exact) mass is 684 g/mol. The molecular formula is C37H38Cl2N6O3. The number of aromatic nitrogens is 4. The molecule has 2 fully saturated rings. The highest BCUT2D eigenvalue weighted by Gasteiger charge is 2.45. The number of hydrogen-bond donors (Lipinski definition) is 0. The van der Waals surface area contributed by atoms with Gasteiger partial charge in [0, 0.05) is 78.3 Å². The number of nitrogens with zero attached hydrogens (tertiary/aromatic N) is 6. The normalized spacial score (nSPS) is 19.9. The van der Waals surface area contributed by atoms with Crippen molar-refractivity contribution in [2.24, 2.45) is 0 Å². The minimum atomic E-state index is -1.08. The molecule has 3 aromatic carbocycles. The molecule has 11 heteroatoms. The molecule has 9 nitrogen and oxygen atoms in total. The fourth-order valence-electron chi connectivity index (χ4n) is 6.35. The van der Waals surface area contributed by atoms with Crippen LogP contribution in [-0.2, 0) is 28.4 Å². The molecule has 0 saturated carbocycles. The van der Waals surface area contributed by atoms with Crippen molar-refractivity contribution in [3.05, 3.63) is 124 Å². The number of aryl methyl sites for hydroxylation is 2. The molecule has 0 spiro atoms. The summed E-state index contributed by atoms with van der Waals surface area (Å²) in [4.78, 5) is 18.3. The van der Waals surface area contributed by atoms with E-state index in [4.69, 9.17) is 37.4 Å². The van der Waals surface area contributed by atoms with Crippen molar-refractivity contribution in [2.45, 2.75) is 38.8 Å². The first-order valence-electron chi connectivity index (χ1n) is 16.2. The van der Waals surface area contributed by atoms with Crippen LogP contribution < -0.4 is 9.64 Å². The molecule has 5 aromatic rings. The van der Waals surface area contributed by atoms with Crippen LogP contribution in [0.15, 0.2) is 91.5 Å². The molecule has 2 aliphatic rings. The molecule has 0 unspecified atom stereocenters. The van der Waals surface area contributed by atoms with E-state index in [0.29, 0.717) is 29.8 Å². The summed E-state index contributed by atoms with van der Waals surface area (Å²) in [5, 5.41) is 1.04. The van der Waals surface area contributed by atoms with E-state index < -0.39 is 5.79 Å². The van der Waals surface area contributed by atoms with E-state index in [9.17, 15) is 0 Å². The molecule has 2 saturated heterocycles. The maximum Gasteiger partial charge on any atom is 0.215 e. The third kappa shape index (κ3) is 7.51. The Bertz CT molecular complexity index is 1810. The standard InChI is InChI=1S/C37H38Cl2N6O3/c1-26-19-27(2)42-36(41-26)29-5-3-28(4-6-29)21-43-15-17-45(18-16-43)31-8-10-32(11-9-31)46-22-33-23-47-37(48-33,24-44-14-13-40-25-44)34-12-7-30(38)20-35(34)39/h3-14,19-20,25,33H,15-18,21-24H2,1-2H3/t33-,37-/m1/s1. The molecule has 48 heavy (non-hydrogen) atoms. The van der Waals surface area contributed by atoms with Crippen molar-refractivity contribution in [3.63, 3.8) is 0 Å². The summed E-state index contributed by atoms with van der Waals surface area (Å²) >= 11 is 12.8. The van der Waals surface area contributed by atoms with Crippen LogP contribution in [0.4, 0.5) is 5.69 Å². The number of benzene rings is 3. The Kier molecular flexibility index (Phi) is 9.66. The Labute approximate surface area is 291 Å². The molecule has 0 aliphatic carbocycles. The number of piperazine rings is 1. The molecule has 2 aliphatic heterocycles. The molecule has 2 aromatic heterocycles. The first-order valence-corrected chi connectivity index (χ1v) is 16.9. The first kappa shape index (κ1) is 32.6. The highest BCUT2D eigenvalue weighted by atomic mass is 35.5. The lowest BCUT2D eigenvalue weighted by Crippen LogP contribution is -2.45. The van der Waals surface area contributed by atoms with Crippen LogP contribution in [-0.4, -0.2) is 69.9 Å². The van der Waals surface area contributed by atoms with Crippen molar-refractivity contribution >= 4 is 28.9 Å². The fourth-order valence-corrected chi connectivity index (χ4v) is 6.91. The smallest absolute Gasteiger partial charge is 0.215 e. The zero-order valence-electron chi connectivity index (χ0n) is 27.1. The number of hydrogen-bond acceptors (Lipinski definition) is 8. The molecule has 0 radical (unpaired) electrons. The van der Waals surface area contributed by atoms with Gasteiger partial charge in [-0.3, -0.25) is 4.90 Å². The molecule has 0 N–H and O–H groups in total. The van der Waals surface area contributed by atoms with Gasteiger partial charge in [-0.1, -0.05) is 53.5 Å². The predicted octanol–water partition coefficient (Wildman–Crippen LogP) is 6.93. The van der Waals surface area contributed by atoms with Gasteiger partial charge in [0.05, 0.1) is 24.5 Å². The van der Waals surface area contributed by atoms with Crippen molar-refractivity contribution in [2.75, 3.05) is 44.3 Å². The Morgan fingerprint density at radius 1 is 0.896 bits per heavy atom. The molecule has 2 atom stereocenters. The largest absolute Gasteiger partial charge is 0.491 e. The van der Waals surface area contributed by atoms with Crippen LogP contribution in [0.25, 0.3) is 11.4 Å². The van der Waals surface area contributed by atoms with E-state index in [1.807, 2.05) is 48.9 Å². The molecular weight excluding hydrogens is 647 g/mol. The SMILES string of the molecule is Cc1cc(C)nc(-c2ccc(CN3CCN(c4ccc(OC[C@@H]5CO[C@@](Cn6ccnc6)(c6ccc(Cl)cc6Cl)O5)cc4)CC3)cc2)n1. The van der Waals surface area contributed by atoms with Gasteiger partial charge in [-0.2, -0.15) is 0 Å². The number of ether oxygens (including phenoxy) is 3. The number of rotatable bonds is 10. The number of imidazole rings is 1. The molecule has 0 bridgehead atoms. The Hall–Kier alpha value is -3.99. The maximum atomic E-state index is 6.60. The molecule has 4 heterocycles. The summed E-state index contributed by atoms with van der Waals surface area (Å²) in [7, 11) is 0. The maximum absolute atomic E-state index is 6.60. The topological polar surface area (TPSA) is 77.8 Å². The van der Waals surface area contributed by atoms with Gasteiger partial charge in [-0.05, 0) is 61.9 Å². The molecule has 248 valence electrons. The average Bonchev–Trinajstić information content (AvgIpc) is 3.75. The van der Waals surface area contributed by atoms with Crippen molar-refractivity contribution in [1.82, 2.24) is 24.4 Å². The number of anilines is 1. The summed E-state index contributed by atoms with van der Waals surface area (Å²) in [6.45, 7) is 9.96. The van der Waals surface area contributed by atoms with Crippen molar-refractivity contribution in [3.8, 4) is 17.1 Å². The Morgan fingerprint density at radius 3 is 2.33 bits per heavy atom. The van der Waals surface area contributed by atoms with Crippen molar-refractivity contribution in [1.29, 1.82) is 0 Å². The zero-order valence-corrected chi connectivity index (χ0v) is 28.6. The summed E-state index contributed by atoms with van der Waals surface area (Å²) in [6.07, 6.45) is 5.03. The third-order valence-electron chi connectivity index (χ3n) is 8.76. The van der Waals surface area contributed by atoms with Crippen LogP contribution in [0.5, 0.6) is 5.75 Å². The lowest BCUT2D eigenvalue weighted by molar-refractivity contribution is -0.189. The minimum Gasteiger partial charge on any atom is -0.491 e. The van der Waals surface area contributed by atoms with Gasteiger partial charge in [0.25, 0.3) is 0 Å². The van der Waals surface area contributed by atoms with Gasteiger partial charge < -0.3 is 23.7 Å². The van der Waals surface area contributed by atoms with Crippen LogP contribution >= 0.6 is 23.2 Å². The highest BCUT2D eigenvalue weighted by molar-refractivity contribution is 6.35. The zero-order chi connectivity index (χ0) is 33.1. The number of halogens is 2. The second-order valence-electron chi connectivity index (χ2n) is 12.4. The van der Waals surface area contributed by atoms with E-state index in [1.165, 1.54) is 11.3 Å². The quantitative estimate of drug-likeness (QED) is 0.157. The molecule has 0 amide bonds. The van der Waals surface area contributed by atoms with Crippen LogP contribution in [0, 0.1) is 13.8 Å². The minimum absolute atomic E-state index is 0.288. The highest BCUT2D eigenvalue weighted by Crippen LogP contribution is 2.40. The average molecular weight is 686 g/mol. The van der Waals surface area contributed by atoms with Gasteiger partial charge >= 0.3 is 0 Å². The lowest BCUT2D eigenvalue weighted by Gasteiger charge is -2.36. The van der Waals surface area contributed by atoms with Crippen LogP contribution in [0.3, 0.4) is 0 Å². The Balaban J connectivity index is 0.904. The van der Waals surface area contributed by atoms with E-state index in [2.05, 4.69) is 61.1 Å². The van der Waals surface area contributed by atoms with Crippen LogP contribution in [0.2, 0.25) is 10.0 Å². The van der Waals surface area contributed by atoms with E-state index in [0.717, 1.165) is 66.8 Å². The lowest BCUT2D eigenvalue weighted by atomic mass is 10.1. The second kappa shape index (κ2) is 14.2. The summed E-state index contributed by atoms with van der Waals surface area (Å²) in [5.41, 5.74) is 6.23. The van der Waals surface area contributed by atoms with E-state index in [-0.39, 0.29) is 6.10 Å². The van der Waals surface area contributed by atoms with Gasteiger partial charge in [0.1, 0.15) is 18.5 Å². The Morgan fingerprint density at radius 2 is 1.65 bits per heavy atom. The summed E-state index contributed by atoms with van der Waals surface area (Å²) in [6, 6.07) is 24.3. The van der Waals surface area contributed by atoms with E-state index >= 15 is 0 Å². The first-order chi connectivity index (χ1) is 23.3. The van der Waals surface area contributed by atoms with Gasteiger partial charge in [0.2, 0.25) is 5.79 Å². The molecule has 7 rings (SSSR count). The van der Waals surface area contributed by atoms with Gasteiger partial charge in [-0.25, -0.2) is 15.0 Å².